The predicted octanol–water partition coefficient (Wildman–Crippen LogP) is 3.67. The van der Waals surface area contributed by atoms with Crippen molar-refractivity contribution >= 4 is 34.8 Å². The second kappa shape index (κ2) is 5.25. The summed E-state index contributed by atoms with van der Waals surface area (Å²) < 4.78 is 5.08. The van der Waals surface area contributed by atoms with Crippen LogP contribution < -0.4 is 5.32 Å². The van der Waals surface area contributed by atoms with Crippen LogP contribution in [0.5, 0.6) is 0 Å². The number of hydrogen-bond donors (Lipinski definition) is 1. The molecule has 0 saturated heterocycles. The van der Waals surface area contributed by atoms with Gasteiger partial charge in [-0.15, -0.1) is 0 Å². The molecule has 0 saturated carbocycles. The van der Waals surface area contributed by atoms with E-state index in [0.29, 0.717) is 15.7 Å². The average Bonchev–Trinajstić information content (AvgIpc) is 2.25. The van der Waals surface area contributed by atoms with E-state index in [2.05, 4.69) is 5.32 Å². The van der Waals surface area contributed by atoms with Crippen molar-refractivity contribution in [2.24, 2.45) is 0 Å². The number of nitrogens with one attached hydrogen (secondary N) is 1. The third-order valence-corrected chi connectivity index (χ3v) is 3.27. The number of methoxy groups -OCH3 is 1. The fraction of sp³-hybridized carbons (Fsp3) is 0.417. The SMILES string of the molecule is COC(C)(C)C(=O)Nc1cc(Cl)c(C)cc1Cl. The van der Waals surface area contributed by atoms with E-state index >= 15 is 0 Å². The molecule has 0 aliphatic heterocycles. The summed E-state index contributed by atoms with van der Waals surface area (Å²) in [6.07, 6.45) is 0. The maximum absolute atomic E-state index is 11.9. The van der Waals surface area contributed by atoms with Gasteiger partial charge >= 0.3 is 0 Å². The lowest BCUT2D eigenvalue weighted by Crippen LogP contribution is -2.38. The lowest BCUT2D eigenvalue weighted by molar-refractivity contribution is -0.133. The van der Waals surface area contributed by atoms with Crippen LogP contribution in [0.15, 0.2) is 12.1 Å². The van der Waals surface area contributed by atoms with Crippen LogP contribution >= 0.6 is 23.2 Å². The van der Waals surface area contributed by atoms with Crippen molar-refractivity contribution in [2.45, 2.75) is 26.4 Å². The zero-order valence-electron chi connectivity index (χ0n) is 10.2. The number of rotatable bonds is 3. The van der Waals surface area contributed by atoms with E-state index in [0.717, 1.165) is 5.56 Å². The topological polar surface area (TPSA) is 38.3 Å². The van der Waals surface area contributed by atoms with Gasteiger partial charge in [0.15, 0.2) is 0 Å². The van der Waals surface area contributed by atoms with Crippen LogP contribution in [0.3, 0.4) is 0 Å². The first-order valence-corrected chi connectivity index (χ1v) is 5.86. The highest BCUT2D eigenvalue weighted by atomic mass is 35.5. The summed E-state index contributed by atoms with van der Waals surface area (Å²) in [6, 6.07) is 3.34. The van der Waals surface area contributed by atoms with Crippen molar-refractivity contribution in [1.82, 2.24) is 0 Å². The number of ether oxygens (including phenoxy) is 1. The van der Waals surface area contributed by atoms with E-state index in [9.17, 15) is 4.79 Å². The lowest BCUT2D eigenvalue weighted by Gasteiger charge is -2.22. The standard InChI is InChI=1S/C12H15Cl2NO2/c1-7-5-9(14)10(6-8(7)13)15-11(16)12(2,3)17-4/h5-6H,1-4H3,(H,15,16). The summed E-state index contributed by atoms with van der Waals surface area (Å²) in [5.74, 6) is -0.276. The fourth-order valence-corrected chi connectivity index (χ4v) is 1.54. The van der Waals surface area contributed by atoms with Crippen molar-refractivity contribution in [1.29, 1.82) is 0 Å². The lowest BCUT2D eigenvalue weighted by atomic mass is 10.1. The molecule has 1 aromatic rings. The van der Waals surface area contributed by atoms with Crippen LogP contribution in [-0.2, 0) is 9.53 Å². The molecule has 1 rings (SSSR count). The normalized spacial score (nSPS) is 11.4. The van der Waals surface area contributed by atoms with Gasteiger partial charge < -0.3 is 10.1 Å². The van der Waals surface area contributed by atoms with Crippen LogP contribution in [0.2, 0.25) is 10.0 Å². The molecule has 1 amide bonds. The molecule has 0 aliphatic carbocycles. The maximum Gasteiger partial charge on any atom is 0.256 e. The summed E-state index contributed by atoms with van der Waals surface area (Å²) in [4.78, 5) is 11.9. The Morgan fingerprint density at radius 3 is 2.41 bits per heavy atom. The molecule has 1 aromatic carbocycles. The average molecular weight is 276 g/mol. The summed E-state index contributed by atoms with van der Waals surface area (Å²) >= 11 is 12.0. The first-order chi connectivity index (χ1) is 7.77. The molecule has 0 heterocycles. The Morgan fingerprint density at radius 2 is 1.88 bits per heavy atom. The molecule has 17 heavy (non-hydrogen) atoms. The van der Waals surface area contributed by atoms with Crippen LogP contribution in [0.25, 0.3) is 0 Å². The van der Waals surface area contributed by atoms with Gasteiger partial charge in [-0.2, -0.15) is 0 Å². The van der Waals surface area contributed by atoms with Crippen LogP contribution in [0, 0.1) is 6.92 Å². The number of carbonyl (C=O) groups is 1. The number of benzene rings is 1. The number of carbonyl (C=O) groups excluding carboxylic acids is 1. The number of aryl methyl sites for hydroxylation is 1. The second-order valence-electron chi connectivity index (χ2n) is 4.25. The zero-order valence-corrected chi connectivity index (χ0v) is 11.7. The molecule has 0 spiro atoms. The molecule has 0 aliphatic rings. The molecule has 1 N–H and O–H groups in total. The molecule has 0 atom stereocenters. The molecule has 0 fully saturated rings. The number of halogens is 2. The van der Waals surface area contributed by atoms with E-state index in [4.69, 9.17) is 27.9 Å². The Kier molecular flexibility index (Phi) is 4.42. The third kappa shape index (κ3) is 3.35. The van der Waals surface area contributed by atoms with E-state index in [1.165, 1.54) is 7.11 Å². The first kappa shape index (κ1) is 14.3. The monoisotopic (exact) mass is 275 g/mol. The summed E-state index contributed by atoms with van der Waals surface area (Å²) in [5, 5.41) is 3.70. The highest BCUT2D eigenvalue weighted by molar-refractivity contribution is 6.36. The van der Waals surface area contributed by atoms with E-state index in [1.807, 2.05) is 6.92 Å². The molecular formula is C12H15Cl2NO2. The Morgan fingerprint density at radius 1 is 1.29 bits per heavy atom. The Balaban J connectivity index is 2.97. The zero-order chi connectivity index (χ0) is 13.2. The van der Waals surface area contributed by atoms with Crippen molar-refractivity contribution < 1.29 is 9.53 Å². The smallest absolute Gasteiger partial charge is 0.256 e. The van der Waals surface area contributed by atoms with Crippen molar-refractivity contribution in [3.05, 3.63) is 27.7 Å². The fourth-order valence-electron chi connectivity index (χ4n) is 1.11. The van der Waals surface area contributed by atoms with Gasteiger partial charge in [0.1, 0.15) is 5.60 Å². The molecule has 0 aromatic heterocycles. The largest absolute Gasteiger partial charge is 0.369 e. The second-order valence-corrected chi connectivity index (χ2v) is 5.06. The molecule has 94 valence electrons. The summed E-state index contributed by atoms with van der Waals surface area (Å²) in [7, 11) is 1.48. The number of amides is 1. The van der Waals surface area contributed by atoms with Gasteiger partial charge in [-0.05, 0) is 38.5 Å². The predicted molar refractivity (Wildman–Crippen MR) is 70.9 cm³/mol. The number of anilines is 1. The van der Waals surface area contributed by atoms with Gasteiger partial charge in [-0.3, -0.25) is 4.79 Å². The van der Waals surface area contributed by atoms with Gasteiger partial charge in [0.05, 0.1) is 10.7 Å². The highest BCUT2D eigenvalue weighted by Gasteiger charge is 2.27. The minimum atomic E-state index is -0.916. The summed E-state index contributed by atoms with van der Waals surface area (Å²) in [6.45, 7) is 5.19. The van der Waals surface area contributed by atoms with Crippen molar-refractivity contribution in [3.63, 3.8) is 0 Å². The first-order valence-electron chi connectivity index (χ1n) is 5.10. The highest BCUT2D eigenvalue weighted by Crippen LogP contribution is 2.29. The minimum absolute atomic E-state index is 0.276. The van der Waals surface area contributed by atoms with Crippen LogP contribution in [0.1, 0.15) is 19.4 Å². The Bertz CT molecular complexity index is 444. The van der Waals surface area contributed by atoms with Gasteiger partial charge in [0.25, 0.3) is 5.91 Å². The maximum atomic E-state index is 11.9. The Labute approximate surface area is 111 Å². The minimum Gasteiger partial charge on any atom is -0.369 e. The molecule has 5 heteroatoms. The van der Waals surface area contributed by atoms with E-state index in [1.54, 1.807) is 26.0 Å². The van der Waals surface area contributed by atoms with Crippen LogP contribution in [0.4, 0.5) is 5.69 Å². The quantitative estimate of drug-likeness (QED) is 0.914. The molecule has 3 nitrogen and oxygen atoms in total. The molecule has 0 unspecified atom stereocenters. The van der Waals surface area contributed by atoms with Crippen molar-refractivity contribution in [2.75, 3.05) is 12.4 Å². The molecular weight excluding hydrogens is 261 g/mol. The van der Waals surface area contributed by atoms with Gasteiger partial charge in [-0.25, -0.2) is 0 Å². The Hall–Kier alpha value is -0.770. The molecule has 0 radical (unpaired) electrons. The number of hydrogen-bond acceptors (Lipinski definition) is 2. The van der Waals surface area contributed by atoms with Gasteiger partial charge in [0, 0.05) is 12.1 Å². The van der Waals surface area contributed by atoms with Gasteiger partial charge in [0.2, 0.25) is 0 Å². The van der Waals surface area contributed by atoms with Gasteiger partial charge in [-0.1, -0.05) is 23.2 Å². The third-order valence-electron chi connectivity index (χ3n) is 2.55. The van der Waals surface area contributed by atoms with E-state index in [-0.39, 0.29) is 5.91 Å². The van der Waals surface area contributed by atoms with Crippen molar-refractivity contribution in [3.8, 4) is 0 Å². The summed E-state index contributed by atoms with van der Waals surface area (Å²) in [5.41, 5.74) is 0.429. The van der Waals surface area contributed by atoms with E-state index < -0.39 is 5.60 Å². The molecule has 0 bridgehead atoms. The van der Waals surface area contributed by atoms with Crippen LogP contribution in [-0.4, -0.2) is 18.6 Å².